The van der Waals surface area contributed by atoms with E-state index in [2.05, 4.69) is 5.32 Å². The maximum absolute atomic E-state index is 12.4. The number of rotatable bonds is 4. The van der Waals surface area contributed by atoms with Crippen molar-refractivity contribution >= 4 is 28.4 Å². The lowest BCUT2D eigenvalue weighted by atomic mass is 10.1. The van der Waals surface area contributed by atoms with Gasteiger partial charge >= 0.3 is 0 Å². The minimum atomic E-state index is -0.772. The number of aromatic nitrogens is 1. The predicted octanol–water partition coefficient (Wildman–Crippen LogP) is 3.30. The van der Waals surface area contributed by atoms with Gasteiger partial charge in [-0.05, 0) is 35.9 Å². The van der Waals surface area contributed by atoms with Gasteiger partial charge in [0.25, 0.3) is 5.91 Å². The van der Waals surface area contributed by atoms with Crippen LogP contribution in [0.2, 0.25) is 5.02 Å². The van der Waals surface area contributed by atoms with Crippen LogP contribution in [0.25, 0.3) is 10.9 Å². The van der Waals surface area contributed by atoms with Crippen molar-refractivity contribution in [2.24, 2.45) is 7.05 Å². The number of carbonyl (C=O) groups is 1. The molecule has 0 saturated carbocycles. The van der Waals surface area contributed by atoms with Gasteiger partial charge in [-0.15, -0.1) is 0 Å². The second kappa shape index (κ2) is 6.44. The Morgan fingerprint density at radius 2 is 1.96 bits per heavy atom. The van der Waals surface area contributed by atoms with Crippen molar-refractivity contribution in [1.82, 2.24) is 9.88 Å². The molecule has 2 N–H and O–H groups in total. The lowest BCUT2D eigenvalue weighted by Crippen LogP contribution is -2.28. The first kappa shape index (κ1) is 15.6. The molecule has 0 aliphatic heterocycles. The molecule has 0 bridgehead atoms. The van der Waals surface area contributed by atoms with Crippen LogP contribution in [0.15, 0.2) is 54.7 Å². The Balaban J connectivity index is 1.72. The fourth-order valence-electron chi connectivity index (χ4n) is 2.59. The van der Waals surface area contributed by atoms with Gasteiger partial charge in [0, 0.05) is 41.3 Å². The fraction of sp³-hybridized carbons (Fsp3) is 0.167. The largest absolute Gasteiger partial charge is 0.387 e. The summed E-state index contributed by atoms with van der Waals surface area (Å²) in [5.74, 6) is -0.199. The summed E-state index contributed by atoms with van der Waals surface area (Å²) in [6, 6.07) is 14.4. The molecule has 0 spiro atoms. The zero-order valence-corrected chi connectivity index (χ0v) is 13.4. The van der Waals surface area contributed by atoms with Crippen LogP contribution in [0.5, 0.6) is 0 Å². The van der Waals surface area contributed by atoms with E-state index >= 15 is 0 Å². The number of benzene rings is 2. The number of amides is 1. The molecule has 0 aliphatic carbocycles. The Labute approximate surface area is 139 Å². The van der Waals surface area contributed by atoms with Gasteiger partial charge in [0.1, 0.15) is 0 Å². The first-order valence-electron chi connectivity index (χ1n) is 7.32. The van der Waals surface area contributed by atoms with E-state index < -0.39 is 6.10 Å². The van der Waals surface area contributed by atoms with E-state index in [1.54, 1.807) is 30.3 Å². The van der Waals surface area contributed by atoms with E-state index in [0.29, 0.717) is 16.1 Å². The zero-order chi connectivity index (χ0) is 16.4. The Morgan fingerprint density at radius 3 is 2.70 bits per heavy atom. The second-order valence-corrected chi connectivity index (χ2v) is 5.88. The predicted molar refractivity (Wildman–Crippen MR) is 91.7 cm³/mol. The molecular formula is C18H17ClN2O2. The summed E-state index contributed by atoms with van der Waals surface area (Å²) in [5.41, 5.74) is 2.31. The summed E-state index contributed by atoms with van der Waals surface area (Å²) < 4.78 is 1.97. The second-order valence-electron chi connectivity index (χ2n) is 5.44. The topological polar surface area (TPSA) is 54.3 Å². The van der Waals surface area contributed by atoms with Crippen LogP contribution in [-0.4, -0.2) is 22.1 Å². The molecule has 0 radical (unpaired) electrons. The summed E-state index contributed by atoms with van der Waals surface area (Å²) in [6.45, 7) is 0.143. The SMILES string of the molecule is Cn1ccc2c(C(=O)NCC(O)c3ccc(Cl)cc3)cccc21. The van der Waals surface area contributed by atoms with Crippen molar-refractivity contribution in [1.29, 1.82) is 0 Å². The number of halogens is 1. The van der Waals surface area contributed by atoms with Gasteiger partial charge < -0.3 is 15.0 Å². The summed E-state index contributed by atoms with van der Waals surface area (Å²) in [6.07, 6.45) is 1.15. The van der Waals surface area contributed by atoms with Crippen LogP contribution < -0.4 is 5.32 Å². The Bertz CT molecular complexity index is 840. The average molecular weight is 329 g/mol. The molecule has 1 unspecified atom stereocenters. The number of hydrogen-bond acceptors (Lipinski definition) is 2. The Kier molecular flexibility index (Phi) is 4.37. The van der Waals surface area contributed by atoms with Crippen molar-refractivity contribution in [3.05, 3.63) is 70.9 Å². The van der Waals surface area contributed by atoms with E-state index in [9.17, 15) is 9.90 Å². The van der Waals surface area contributed by atoms with Gasteiger partial charge in [-0.2, -0.15) is 0 Å². The van der Waals surface area contributed by atoms with Crippen molar-refractivity contribution in [3.8, 4) is 0 Å². The number of hydrogen-bond donors (Lipinski definition) is 2. The van der Waals surface area contributed by atoms with E-state index in [1.165, 1.54) is 0 Å². The molecule has 1 atom stereocenters. The minimum Gasteiger partial charge on any atom is -0.387 e. The molecule has 0 aliphatic rings. The first-order chi connectivity index (χ1) is 11.1. The number of nitrogens with one attached hydrogen (secondary N) is 1. The molecule has 0 fully saturated rings. The summed E-state index contributed by atoms with van der Waals surface area (Å²) >= 11 is 5.83. The number of fused-ring (bicyclic) bond motifs is 1. The average Bonchev–Trinajstić information content (AvgIpc) is 2.94. The summed E-state index contributed by atoms with van der Waals surface area (Å²) in [4.78, 5) is 12.4. The lowest BCUT2D eigenvalue weighted by Gasteiger charge is -2.13. The Hall–Kier alpha value is -2.30. The molecule has 1 aromatic heterocycles. The summed E-state index contributed by atoms with van der Waals surface area (Å²) in [5, 5.41) is 14.5. The normalized spacial score (nSPS) is 12.3. The van der Waals surface area contributed by atoms with E-state index in [1.807, 2.05) is 36.0 Å². The lowest BCUT2D eigenvalue weighted by molar-refractivity contribution is 0.0918. The standard InChI is InChI=1S/C18H17ClN2O2/c1-21-10-9-14-15(3-2-4-16(14)21)18(23)20-11-17(22)12-5-7-13(19)8-6-12/h2-10,17,22H,11H2,1H3,(H,20,23). The quantitative estimate of drug-likeness (QED) is 0.772. The molecule has 0 saturated heterocycles. The number of aliphatic hydroxyl groups excluding tert-OH is 1. The summed E-state index contributed by atoms with van der Waals surface area (Å²) in [7, 11) is 1.94. The van der Waals surface area contributed by atoms with Crippen LogP contribution in [0.1, 0.15) is 22.0 Å². The number of carbonyl (C=O) groups excluding carboxylic acids is 1. The number of aliphatic hydroxyl groups is 1. The molecule has 3 rings (SSSR count). The molecule has 23 heavy (non-hydrogen) atoms. The van der Waals surface area contributed by atoms with Gasteiger partial charge in [0.05, 0.1) is 6.10 Å². The molecule has 5 heteroatoms. The van der Waals surface area contributed by atoms with Crippen LogP contribution >= 0.6 is 11.6 Å². The van der Waals surface area contributed by atoms with Crippen LogP contribution in [0, 0.1) is 0 Å². The highest BCUT2D eigenvalue weighted by Crippen LogP contribution is 2.20. The smallest absolute Gasteiger partial charge is 0.252 e. The third-order valence-electron chi connectivity index (χ3n) is 3.88. The first-order valence-corrected chi connectivity index (χ1v) is 7.70. The van der Waals surface area contributed by atoms with Gasteiger partial charge in [0.15, 0.2) is 0 Å². The molecule has 1 heterocycles. The van der Waals surface area contributed by atoms with Gasteiger partial charge in [0.2, 0.25) is 0 Å². The number of aryl methyl sites for hydroxylation is 1. The molecule has 1 amide bonds. The molecule has 118 valence electrons. The minimum absolute atomic E-state index is 0.143. The molecular weight excluding hydrogens is 312 g/mol. The Morgan fingerprint density at radius 1 is 1.22 bits per heavy atom. The van der Waals surface area contributed by atoms with Gasteiger partial charge in [-0.3, -0.25) is 4.79 Å². The van der Waals surface area contributed by atoms with Crippen molar-refractivity contribution in [3.63, 3.8) is 0 Å². The monoisotopic (exact) mass is 328 g/mol. The fourth-order valence-corrected chi connectivity index (χ4v) is 2.71. The maximum Gasteiger partial charge on any atom is 0.252 e. The van der Waals surface area contributed by atoms with Crippen LogP contribution in [0.3, 0.4) is 0 Å². The highest BCUT2D eigenvalue weighted by Gasteiger charge is 2.14. The van der Waals surface area contributed by atoms with E-state index in [4.69, 9.17) is 11.6 Å². The van der Waals surface area contributed by atoms with Gasteiger partial charge in [-0.1, -0.05) is 29.8 Å². The highest BCUT2D eigenvalue weighted by molar-refractivity contribution is 6.30. The molecule has 4 nitrogen and oxygen atoms in total. The van der Waals surface area contributed by atoms with Crippen molar-refractivity contribution in [2.75, 3.05) is 6.54 Å². The van der Waals surface area contributed by atoms with Crippen LogP contribution in [-0.2, 0) is 7.05 Å². The zero-order valence-electron chi connectivity index (χ0n) is 12.7. The number of nitrogens with zero attached hydrogens (tertiary/aromatic N) is 1. The highest BCUT2D eigenvalue weighted by atomic mass is 35.5. The van der Waals surface area contributed by atoms with Crippen molar-refractivity contribution in [2.45, 2.75) is 6.10 Å². The molecule has 2 aromatic carbocycles. The third kappa shape index (κ3) is 3.23. The van der Waals surface area contributed by atoms with E-state index in [0.717, 1.165) is 10.9 Å². The van der Waals surface area contributed by atoms with E-state index in [-0.39, 0.29) is 12.5 Å². The van der Waals surface area contributed by atoms with Crippen molar-refractivity contribution < 1.29 is 9.90 Å². The molecule has 3 aromatic rings. The van der Waals surface area contributed by atoms with Gasteiger partial charge in [-0.25, -0.2) is 0 Å². The maximum atomic E-state index is 12.4. The van der Waals surface area contributed by atoms with Crippen LogP contribution in [0.4, 0.5) is 0 Å². The third-order valence-corrected chi connectivity index (χ3v) is 4.14.